The Kier molecular flexibility index (Phi) is 6.61. The Balaban J connectivity index is 1.29. The number of rotatable bonds is 6. The van der Waals surface area contributed by atoms with E-state index < -0.39 is 23.3 Å². The van der Waals surface area contributed by atoms with Crippen LogP contribution in [0.15, 0.2) is 60.7 Å². The molecule has 33 heavy (non-hydrogen) atoms. The van der Waals surface area contributed by atoms with Gasteiger partial charge in [-0.1, -0.05) is 48.5 Å². The second kappa shape index (κ2) is 9.43. The highest BCUT2D eigenvalue weighted by Crippen LogP contribution is 2.46. The van der Waals surface area contributed by atoms with Crippen LogP contribution >= 0.6 is 0 Å². The first-order chi connectivity index (χ1) is 15.8. The predicted octanol–water partition coefficient (Wildman–Crippen LogP) is 4.10. The fraction of sp³-hybridized carbons (Fsp3) is 0.462. The Labute approximate surface area is 196 Å². The second-order valence-electron chi connectivity index (χ2n) is 9.43. The SMILES string of the molecule is CC1(C)OC(=O)N(C(=O)NCCNC2CCN(c3ccccc3)CC2)C1(C)c1ccccc1. The van der Waals surface area contributed by atoms with Gasteiger partial charge in [0.2, 0.25) is 0 Å². The van der Waals surface area contributed by atoms with Crippen LogP contribution in [0.25, 0.3) is 0 Å². The van der Waals surface area contributed by atoms with E-state index in [1.807, 2.05) is 57.2 Å². The number of cyclic esters (lactones) is 1. The van der Waals surface area contributed by atoms with E-state index in [4.69, 9.17) is 4.74 Å². The number of hydrogen-bond acceptors (Lipinski definition) is 5. The fourth-order valence-electron chi connectivity index (χ4n) is 4.85. The summed E-state index contributed by atoms with van der Waals surface area (Å²) in [5.74, 6) is 0. The van der Waals surface area contributed by atoms with Crippen molar-refractivity contribution >= 4 is 17.8 Å². The van der Waals surface area contributed by atoms with E-state index >= 15 is 0 Å². The van der Waals surface area contributed by atoms with Crippen LogP contribution in [0.3, 0.4) is 0 Å². The van der Waals surface area contributed by atoms with Crippen molar-refractivity contribution in [2.24, 2.45) is 0 Å². The smallest absolute Gasteiger partial charge is 0.419 e. The molecule has 0 radical (unpaired) electrons. The van der Waals surface area contributed by atoms with E-state index in [2.05, 4.69) is 39.8 Å². The maximum absolute atomic E-state index is 13.1. The molecule has 0 bridgehead atoms. The Bertz CT molecular complexity index is 958. The maximum Gasteiger partial charge on any atom is 0.419 e. The molecule has 0 spiro atoms. The number of carbonyl (C=O) groups excluding carboxylic acids is 2. The number of amides is 3. The van der Waals surface area contributed by atoms with Gasteiger partial charge in [0.25, 0.3) is 0 Å². The molecular formula is C26H34N4O3. The Hall–Kier alpha value is -3.06. The van der Waals surface area contributed by atoms with E-state index in [0.29, 0.717) is 19.1 Å². The lowest BCUT2D eigenvalue weighted by Crippen LogP contribution is -2.56. The lowest BCUT2D eigenvalue weighted by molar-refractivity contribution is 0.0272. The molecule has 7 nitrogen and oxygen atoms in total. The molecule has 1 unspecified atom stereocenters. The molecular weight excluding hydrogens is 416 g/mol. The Morgan fingerprint density at radius 2 is 1.58 bits per heavy atom. The van der Waals surface area contributed by atoms with Crippen molar-refractivity contribution in [3.05, 3.63) is 66.2 Å². The highest BCUT2D eigenvalue weighted by Gasteiger charge is 2.60. The van der Waals surface area contributed by atoms with Crippen LogP contribution in [0.4, 0.5) is 15.3 Å². The van der Waals surface area contributed by atoms with Crippen molar-refractivity contribution in [3.8, 4) is 0 Å². The molecule has 2 fully saturated rings. The van der Waals surface area contributed by atoms with E-state index in [1.165, 1.54) is 10.6 Å². The number of hydrogen-bond donors (Lipinski definition) is 2. The molecule has 3 amide bonds. The number of piperidine rings is 1. The second-order valence-corrected chi connectivity index (χ2v) is 9.43. The summed E-state index contributed by atoms with van der Waals surface area (Å²) in [5.41, 5.74) is 0.366. The molecule has 2 N–H and O–H groups in total. The van der Waals surface area contributed by atoms with Gasteiger partial charge in [-0.25, -0.2) is 14.5 Å². The van der Waals surface area contributed by atoms with Crippen LogP contribution in [0.2, 0.25) is 0 Å². The maximum atomic E-state index is 13.1. The van der Waals surface area contributed by atoms with Crippen molar-refractivity contribution in [1.29, 1.82) is 0 Å². The van der Waals surface area contributed by atoms with Gasteiger partial charge in [-0.15, -0.1) is 0 Å². The van der Waals surface area contributed by atoms with Gasteiger partial charge in [0.1, 0.15) is 11.1 Å². The van der Waals surface area contributed by atoms with Crippen molar-refractivity contribution in [2.45, 2.75) is 50.8 Å². The first-order valence-electron chi connectivity index (χ1n) is 11.7. The third kappa shape index (κ3) is 4.55. The molecule has 0 saturated carbocycles. The van der Waals surface area contributed by atoms with Crippen LogP contribution in [0.1, 0.15) is 39.2 Å². The molecule has 2 heterocycles. The highest BCUT2D eigenvalue weighted by molar-refractivity contribution is 5.94. The largest absolute Gasteiger partial charge is 0.440 e. The first-order valence-corrected chi connectivity index (χ1v) is 11.7. The summed E-state index contributed by atoms with van der Waals surface area (Å²) in [5, 5.41) is 6.45. The predicted molar refractivity (Wildman–Crippen MR) is 129 cm³/mol. The van der Waals surface area contributed by atoms with Gasteiger partial charge in [-0.05, 0) is 51.3 Å². The standard InChI is InChI=1S/C26H34N4O3/c1-25(2)26(3,20-10-6-4-7-11-20)30(24(32)33-25)23(31)28-17-16-27-21-14-18-29(19-15-21)22-12-8-5-9-13-22/h4-13,21,27H,14-19H2,1-3H3,(H,28,31). The zero-order chi connectivity index (χ0) is 23.5. The van der Waals surface area contributed by atoms with Gasteiger partial charge < -0.3 is 20.3 Å². The monoisotopic (exact) mass is 450 g/mol. The van der Waals surface area contributed by atoms with Crippen LogP contribution in [0, 0.1) is 0 Å². The number of imide groups is 1. The van der Waals surface area contributed by atoms with Crippen molar-refractivity contribution < 1.29 is 14.3 Å². The third-order valence-electron chi connectivity index (χ3n) is 7.13. The topological polar surface area (TPSA) is 73.9 Å². The van der Waals surface area contributed by atoms with Crippen LogP contribution < -0.4 is 15.5 Å². The molecule has 1 atom stereocenters. The molecule has 2 aliphatic rings. The molecule has 2 saturated heterocycles. The molecule has 176 valence electrons. The summed E-state index contributed by atoms with van der Waals surface area (Å²) >= 11 is 0. The summed E-state index contributed by atoms with van der Waals surface area (Å²) in [6.07, 6.45) is 1.49. The summed E-state index contributed by atoms with van der Waals surface area (Å²) in [4.78, 5) is 29.4. The van der Waals surface area contributed by atoms with Gasteiger partial charge in [0, 0.05) is 37.9 Å². The minimum atomic E-state index is -0.910. The quantitative estimate of drug-likeness (QED) is 0.648. The van der Waals surface area contributed by atoms with E-state index in [1.54, 1.807) is 0 Å². The zero-order valence-corrected chi connectivity index (χ0v) is 19.7. The van der Waals surface area contributed by atoms with E-state index in [-0.39, 0.29) is 0 Å². The van der Waals surface area contributed by atoms with Gasteiger partial charge in [0.05, 0.1) is 0 Å². The average molecular weight is 451 g/mol. The molecule has 0 aromatic heterocycles. The molecule has 4 rings (SSSR count). The van der Waals surface area contributed by atoms with Crippen molar-refractivity contribution in [2.75, 3.05) is 31.1 Å². The number of benzene rings is 2. The number of ether oxygens (including phenoxy) is 1. The molecule has 0 aliphatic carbocycles. The number of nitrogens with zero attached hydrogens (tertiary/aromatic N) is 2. The van der Waals surface area contributed by atoms with E-state index in [0.717, 1.165) is 31.5 Å². The normalized spacial score (nSPS) is 22.8. The van der Waals surface area contributed by atoms with Crippen LogP contribution in [-0.2, 0) is 10.3 Å². The zero-order valence-electron chi connectivity index (χ0n) is 19.7. The molecule has 2 aromatic rings. The summed E-state index contributed by atoms with van der Waals surface area (Å²) in [6.45, 7) is 8.67. The highest BCUT2D eigenvalue weighted by atomic mass is 16.6. The van der Waals surface area contributed by atoms with Gasteiger partial charge in [-0.3, -0.25) is 0 Å². The van der Waals surface area contributed by atoms with Gasteiger partial charge in [-0.2, -0.15) is 0 Å². The summed E-state index contributed by atoms with van der Waals surface area (Å²) in [7, 11) is 0. The lowest BCUT2D eigenvalue weighted by atomic mass is 9.78. The Morgan fingerprint density at radius 1 is 0.970 bits per heavy atom. The van der Waals surface area contributed by atoms with E-state index in [9.17, 15) is 9.59 Å². The van der Waals surface area contributed by atoms with Gasteiger partial charge >= 0.3 is 12.1 Å². The van der Waals surface area contributed by atoms with Crippen LogP contribution in [-0.4, -0.2) is 54.8 Å². The van der Waals surface area contributed by atoms with Crippen LogP contribution in [0.5, 0.6) is 0 Å². The lowest BCUT2D eigenvalue weighted by Gasteiger charge is -2.39. The first kappa shape index (κ1) is 23.1. The number of anilines is 1. The number of urea groups is 1. The number of nitrogens with one attached hydrogen (secondary N) is 2. The minimum Gasteiger partial charge on any atom is -0.440 e. The average Bonchev–Trinajstić information content (AvgIpc) is 3.02. The summed E-state index contributed by atoms with van der Waals surface area (Å²) < 4.78 is 5.61. The molecule has 2 aromatic carbocycles. The van der Waals surface area contributed by atoms with Crippen molar-refractivity contribution in [1.82, 2.24) is 15.5 Å². The third-order valence-corrected chi connectivity index (χ3v) is 7.13. The molecule has 7 heteroatoms. The fourth-order valence-corrected chi connectivity index (χ4v) is 4.85. The number of carbonyl (C=O) groups is 2. The Morgan fingerprint density at radius 3 is 2.21 bits per heavy atom. The summed E-state index contributed by atoms with van der Waals surface area (Å²) in [6, 6.07) is 20.0. The molecule has 2 aliphatic heterocycles. The minimum absolute atomic E-state index is 0.423. The van der Waals surface area contributed by atoms with Gasteiger partial charge in [0.15, 0.2) is 0 Å². The number of para-hydroxylation sites is 1. The van der Waals surface area contributed by atoms with Crippen molar-refractivity contribution in [3.63, 3.8) is 0 Å².